The lowest BCUT2D eigenvalue weighted by atomic mass is 10.1. The molecule has 0 unspecified atom stereocenters. The molecule has 2 aromatic heterocycles. The average molecular weight is 316 g/mol. The number of hydrogen-bond donors (Lipinski definition) is 1. The van der Waals surface area contributed by atoms with Gasteiger partial charge in [0, 0.05) is 45.1 Å². The van der Waals surface area contributed by atoms with Crippen molar-refractivity contribution in [3.8, 4) is 5.88 Å². The Morgan fingerprint density at radius 2 is 2.13 bits per heavy atom. The SMILES string of the molecule is COc1c(CN[C@H]2CCCN(c3ncccn3)C2)c(C)nn1C. The van der Waals surface area contributed by atoms with Gasteiger partial charge in [0.25, 0.3) is 0 Å². The number of aryl methyl sites for hydroxylation is 2. The number of nitrogens with one attached hydrogen (secondary N) is 1. The van der Waals surface area contributed by atoms with Crippen LogP contribution in [0.2, 0.25) is 0 Å². The first-order valence-electron chi connectivity index (χ1n) is 8.01. The lowest BCUT2D eigenvalue weighted by Crippen LogP contribution is -2.46. The highest BCUT2D eigenvalue weighted by Gasteiger charge is 2.22. The fraction of sp³-hybridized carbons (Fsp3) is 0.562. The van der Waals surface area contributed by atoms with Gasteiger partial charge in [0.2, 0.25) is 11.8 Å². The van der Waals surface area contributed by atoms with Crippen LogP contribution in [-0.4, -0.2) is 46.0 Å². The maximum atomic E-state index is 5.46. The zero-order chi connectivity index (χ0) is 16.2. The predicted octanol–water partition coefficient (Wildman–Crippen LogP) is 1.29. The lowest BCUT2D eigenvalue weighted by molar-refractivity contribution is 0.363. The summed E-state index contributed by atoms with van der Waals surface area (Å²) in [4.78, 5) is 11.0. The van der Waals surface area contributed by atoms with Crippen molar-refractivity contribution in [2.75, 3.05) is 25.1 Å². The molecule has 0 aromatic carbocycles. The van der Waals surface area contributed by atoms with E-state index >= 15 is 0 Å². The van der Waals surface area contributed by atoms with Crippen molar-refractivity contribution < 1.29 is 4.74 Å². The van der Waals surface area contributed by atoms with Crippen LogP contribution in [0.4, 0.5) is 5.95 Å². The number of nitrogens with zero attached hydrogens (tertiary/aromatic N) is 5. The minimum absolute atomic E-state index is 0.414. The summed E-state index contributed by atoms with van der Waals surface area (Å²) in [6.07, 6.45) is 5.89. The minimum Gasteiger partial charge on any atom is -0.481 e. The third-order valence-corrected chi connectivity index (χ3v) is 4.31. The standard InChI is InChI=1S/C16H24N6O/c1-12-14(15(23-3)21(2)20-12)10-19-13-6-4-9-22(11-13)16-17-7-5-8-18-16/h5,7-8,13,19H,4,6,9-11H2,1-3H3/t13-/m0/s1. The topological polar surface area (TPSA) is 68.1 Å². The largest absolute Gasteiger partial charge is 0.481 e. The fourth-order valence-electron chi connectivity index (χ4n) is 3.17. The maximum Gasteiger partial charge on any atom is 0.225 e. The van der Waals surface area contributed by atoms with Crippen LogP contribution in [0.25, 0.3) is 0 Å². The van der Waals surface area contributed by atoms with E-state index in [0.717, 1.165) is 55.6 Å². The molecule has 3 rings (SSSR count). The molecule has 1 N–H and O–H groups in total. The molecule has 7 nitrogen and oxygen atoms in total. The van der Waals surface area contributed by atoms with Crippen molar-refractivity contribution in [1.82, 2.24) is 25.1 Å². The number of anilines is 1. The molecule has 1 saturated heterocycles. The second kappa shape index (κ2) is 6.95. The minimum atomic E-state index is 0.414. The molecule has 0 bridgehead atoms. The third kappa shape index (κ3) is 3.44. The van der Waals surface area contributed by atoms with Gasteiger partial charge in [-0.15, -0.1) is 0 Å². The Morgan fingerprint density at radius 3 is 2.87 bits per heavy atom. The first-order valence-corrected chi connectivity index (χ1v) is 8.01. The number of rotatable bonds is 5. The van der Waals surface area contributed by atoms with Crippen molar-refractivity contribution in [3.05, 3.63) is 29.7 Å². The highest BCUT2D eigenvalue weighted by molar-refractivity contribution is 5.32. The third-order valence-electron chi connectivity index (χ3n) is 4.31. The molecule has 3 heterocycles. The van der Waals surface area contributed by atoms with Crippen molar-refractivity contribution in [1.29, 1.82) is 0 Å². The Labute approximate surface area is 136 Å². The van der Waals surface area contributed by atoms with Gasteiger partial charge < -0.3 is 15.0 Å². The van der Waals surface area contributed by atoms with E-state index in [1.165, 1.54) is 0 Å². The smallest absolute Gasteiger partial charge is 0.225 e. The summed E-state index contributed by atoms with van der Waals surface area (Å²) >= 11 is 0. The van der Waals surface area contributed by atoms with E-state index in [1.807, 2.05) is 20.0 Å². The van der Waals surface area contributed by atoms with E-state index in [9.17, 15) is 0 Å². The van der Waals surface area contributed by atoms with Crippen LogP contribution in [0.3, 0.4) is 0 Å². The fourth-order valence-corrected chi connectivity index (χ4v) is 3.17. The van der Waals surface area contributed by atoms with Crippen molar-refractivity contribution in [3.63, 3.8) is 0 Å². The summed E-state index contributed by atoms with van der Waals surface area (Å²) in [5.41, 5.74) is 2.14. The molecule has 0 radical (unpaired) electrons. The van der Waals surface area contributed by atoms with Gasteiger partial charge in [-0.25, -0.2) is 14.6 Å². The molecule has 2 aromatic rings. The lowest BCUT2D eigenvalue weighted by Gasteiger charge is -2.33. The van der Waals surface area contributed by atoms with Crippen LogP contribution in [0.1, 0.15) is 24.1 Å². The van der Waals surface area contributed by atoms with Crippen LogP contribution >= 0.6 is 0 Å². The van der Waals surface area contributed by atoms with Gasteiger partial charge in [0.15, 0.2) is 0 Å². The van der Waals surface area contributed by atoms with Gasteiger partial charge in [-0.1, -0.05) is 0 Å². The average Bonchev–Trinajstić information content (AvgIpc) is 2.86. The first kappa shape index (κ1) is 15.7. The molecule has 0 spiro atoms. The van der Waals surface area contributed by atoms with E-state index in [1.54, 1.807) is 24.2 Å². The normalized spacial score (nSPS) is 18.2. The molecule has 23 heavy (non-hydrogen) atoms. The molecule has 1 atom stereocenters. The molecular weight excluding hydrogens is 292 g/mol. The molecule has 1 fully saturated rings. The van der Waals surface area contributed by atoms with E-state index in [4.69, 9.17) is 4.74 Å². The molecular formula is C16H24N6O. The van der Waals surface area contributed by atoms with Crippen LogP contribution in [0.15, 0.2) is 18.5 Å². The molecule has 1 aliphatic rings. The highest BCUT2D eigenvalue weighted by atomic mass is 16.5. The summed E-state index contributed by atoms with van der Waals surface area (Å²) in [6, 6.07) is 2.26. The Hall–Kier alpha value is -2.15. The van der Waals surface area contributed by atoms with Gasteiger partial charge in [-0.3, -0.25) is 0 Å². The van der Waals surface area contributed by atoms with Gasteiger partial charge in [0.05, 0.1) is 18.4 Å². The Morgan fingerprint density at radius 1 is 1.35 bits per heavy atom. The van der Waals surface area contributed by atoms with Crippen LogP contribution in [-0.2, 0) is 13.6 Å². The van der Waals surface area contributed by atoms with Crippen molar-refractivity contribution >= 4 is 5.95 Å². The summed E-state index contributed by atoms with van der Waals surface area (Å²) < 4.78 is 7.25. The summed E-state index contributed by atoms with van der Waals surface area (Å²) in [5.74, 6) is 1.64. The highest BCUT2D eigenvalue weighted by Crippen LogP contribution is 2.22. The van der Waals surface area contributed by atoms with Gasteiger partial charge in [-0.2, -0.15) is 5.10 Å². The predicted molar refractivity (Wildman–Crippen MR) is 88.6 cm³/mol. The summed E-state index contributed by atoms with van der Waals surface area (Å²) in [6.45, 7) is 4.71. The second-order valence-electron chi connectivity index (χ2n) is 5.91. The zero-order valence-corrected chi connectivity index (χ0v) is 14.0. The van der Waals surface area contributed by atoms with Gasteiger partial charge >= 0.3 is 0 Å². The molecule has 7 heteroatoms. The molecule has 0 aliphatic carbocycles. The van der Waals surface area contributed by atoms with E-state index in [-0.39, 0.29) is 0 Å². The quantitative estimate of drug-likeness (QED) is 0.896. The summed E-state index contributed by atoms with van der Waals surface area (Å²) in [7, 11) is 3.60. The molecule has 0 amide bonds. The first-order chi connectivity index (χ1) is 11.2. The Bertz CT molecular complexity index is 642. The van der Waals surface area contributed by atoms with Crippen molar-refractivity contribution in [2.24, 2.45) is 7.05 Å². The van der Waals surface area contributed by atoms with Gasteiger partial charge in [-0.05, 0) is 25.8 Å². The van der Waals surface area contributed by atoms with Crippen LogP contribution in [0, 0.1) is 6.92 Å². The number of piperidine rings is 1. The number of methoxy groups -OCH3 is 1. The number of ether oxygens (including phenoxy) is 1. The van der Waals surface area contributed by atoms with E-state index in [0.29, 0.717) is 6.04 Å². The van der Waals surface area contributed by atoms with Crippen molar-refractivity contribution in [2.45, 2.75) is 32.4 Å². The monoisotopic (exact) mass is 316 g/mol. The Kier molecular flexibility index (Phi) is 4.76. The Balaban J connectivity index is 1.63. The van der Waals surface area contributed by atoms with Gasteiger partial charge in [0.1, 0.15) is 0 Å². The summed E-state index contributed by atoms with van der Waals surface area (Å²) in [5, 5.41) is 8.07. The second-order valence-corrected chi connectivity index (χ2v) is 5.91. The maximum absolute atomic E-state index is 5.46. The van der Waals surface area contributed by atoms with Crippen LogP contribution in [0.5, 0.6) is 5.88 Å². The van der Waals surface area contributed by atoms with Crippen LogP contribution < -0.4 is 15.0 Å². The van der Waals surface area contributed by atoms with E-state index < -0.39 is 0 Å². The molecule has 124 valence electrons. The number of aromatic nitrogens is 4. The molecule has 1 aliphatic heterocycles. The zero-order valence-electron chi connectivity index (χ0n) is 14.0. The number of hydrogen-bond acceptors (Lipinski definition) is 6. The molecule has 0 saturated carbocycles. The van der Waals surface area contributed by atoms with E-state index in [2.05, 4.69) is 25.3 Å².